The molecule has 2 aromatic carbocycles. The highest BCUT2D eigenvalue weighted by Crippen LogP contribution is 2.42. The summed E-state index contributed by atoms with van der Waals surface area (Å²) in [5.74, 6) is 0. The third-order valence-electron chi connectivity index (χ3n) is 7.92. The molecule has 0 spiro atoms. The highest BCUT2D eigenvalue weighted by molar-refractivity contribution is 5.83. The lowest BCUT2D eigenvalue weighted by molar-refractivity contribution is 0.00227. The molecule has 3 aromatic rings. The van der Waals surface area contributed by atoms with Gasteiger partial charge in [-0.1, -0.05) is 12.1 Å². The molecule has 1 aromatic heterocycles. The molecule has 200 valence electrons. The molecule has 2 aliphatic rings. The molecule has 37 heavy (non-hydrogen) atoms. The minimum atomic E-state index is -1.47. The fourth-order valence-electron chi connectivity index (χ4n) is 6.18. The second-order valence-electron chi connectivity index (χ2n) is 11.2. The number of hydrogen-bond acceptors (Lipinski definition) is 5. The molecular formula is C29H39F2N5O. The molecule has 0 aliphatic carbocycles. The summed E-state index contributed by atoms with van der Waals surface area (Å²) in [6.45, 7) is 8.75. The lowest BCUT2D eigenvalue weighted by Crippen LogP contribution is -2.54. The molecule has 0 radical (unpaired) electrons. The number of likely N-dealkylation sites (tertiary alicyclic amines) is 1. The van der Waals surface area contributed by atoms with Gasteiger partial charge in [0.1, 0.15) is 5.67 Å². The second kappa shape index (κ2) is 10.7. The zero-order valence-electron chi connectivity index (χ0n) is 22.4. The largest absolute Gasteiger partial charge is 0.381 e. The van der Waals surface area contributed by atoms with E-state index in [1.807, 2.05) is 6.20 Å². The summed E-state index contributed by atoms with van der Waals surface area (Å²) in [4.78, 5) is 4.58. The predicted octanol–water partition coefficient (Wildman–Crippen LogP) is 5.04. The van der Waals surface area contributed by atoms with E-state index in [0.29, 0.717) is 12.5 Å². The maximum Gasteiger partial charge on any atom is 0.144 e. The van der Waals surface area contributed by atoms with E-state index in [4.69, 9.17) is 4.74 Å². The smallest absolute Gasteiger partial charge is 0.144 e. The number of halogens is 2. The molecule has 0 bridgehead atoms. The van der Waals surface area contributed by atoms with Gasteiger partial charge in [-0.2, -0.15) is 5.10 Å². The maximum atomic E-state index is 15.6. The molecule has 2 N–H and O–H groups in total. The van der Waals surface area contributed by atoms with E-state index in [2.05, 4.69) is 69.5 Å². The Bertz CT molecular complexity index is 1220. The van der Waals surface area contributed by atoms with Crippen molar-refractivity contribution in [1.82, 2.24) is 20.0 Å². The van der Waals surface area contributed by atoms with E-state index in [0.717, 1.165) is 42.6 Å². The van der Waals surface area contributed by atoms with Gasteiger partial charge in [-0.15, -0.1) is 0 Å². The number of anilines is 1. The fraction of sp³-hybridized carbons (Fsp3) is 0.552. The zero-order valence-corrected chi connectivity index (χ0v) is 22.4. The lowest BCUT2D eigenvalue weighted by Gasteiger charge is -2.45. The van der Waals surface area contributed by atoms with E-state index in [1.54, 1.807) is 14.0 Å². The van der Waals surface area contributed by atoms with Crippen molar-refractivity contribution in [2.24, 2.45) is 0 Å². The Morgan fingerprint density at radius 1 is 1.22 bits per heavy atom. The van der Waals surface area contributed by atoms with Crippen LogP contribution in [0.5, 0.6) is 0 Å². The normalized spacial score (nSPS) is 22.5. The van der Waals surface area contributed by atoms with Crippen LogP contribution >= 0.6 is 0 Å². The van der Waals surface area contributed by atoms with E-state index in [9.17, 15) is 4.39 Å². The standard InChI is InChI=1S/C29H39F2N5O/c1-19-12-21(33-22-15-35(16-22)11-5-10-30)6-7-23(19)28-24-8-9-27-26(14-32-34-27)25(24)13-20(2)36(28)17-29(3,31)18-37-4/h6-9,12,14,20,22,28,33H,5,10-11,13,15-18H2,1-4H3,(H,32,34)/t20-,28-,29?/m1/s1. The van der Waals surface area contributed by atoms with Crippen LogP contribution in [-0.4, -0.2) is 84.3 Å². The summed E-state index contributed by atoms with van der Waals surface area (Å²) in [6.07, 6.45) is 3.35. The van der Waals surface area contributed by atoms with Crippen LogP contribution in [0.4, 0.5) is 14.5 Å². The highest BCUT2D eigenvalue weighted by Gasteiger charge is 2.39. The Morgan fingerprint density at radius 2 is 2.00 bits per heavy atom. The van der Waals surface area contributed by atoms with Crippen LogP contribution in [0.15, 0.2) is 36.5 Å². The first kappa shape index (κ1) is 26.1. The molecule has 5 rings (SSSR count). The summed E-state index contributed by atoms with van der Waals surface area (Å²) < 4.78 is 33.2. The fourth-order valence-corrected chi connectivity index (χ4v) is 6.18. The molecule has 2 aliphatic heterocycles. The molecule has 1 fully saturated rings. The summed E-state index contributed by atoms with van der Waals surface area (Å²) in [5.41, 5.74) is 5.52. The summed E-state index contributed by atoms with van der Waals surface area (Å²) in [7, 11) is 1.55. The molecule has 3 atom stereocenters. The molecule has 3 heterocycles. The molecule has 0 saturated carbocycles. The van der Waals surface area contributed by atoms with Gasteiger partial charge in [0.05, 0.1) is 37.1 Å². The van der Waals surface area contributed by atoms with Gasteiger partial charge in [0.2, 0.25) is 0 Å². The van der Waals surface area contributed by atoms with E-state index in [1.165, 1.54) is 22.3 Å². The number of aromatic amines is 1. The van der Waals surface area contributed by atoms with Crippen molar-refractivity contribution < 1.29 is 13.5 Å². The number of ether oxygens (including phenoxy) is 1. The summed E-state index contributed by atoms with van der Waals surface area (Å²) in [6, 6.07) is 11.3. The number of aromatic nitrogens is 2. The highest BCUT2D eigenvalue weighted by atomic mass is 19.1. The van der Waals surface area contributed by atoms with Gasteiger partial charge in [-0.3, -0.25) is 19.3 Å². The minimum Gasteiger partial charge on any atom is -0.381 e. The monoisotopic (exact) mass is 511 g/mol. The van der Waals surface area contributed by atoms with Crippen molar-refractivity contribution >= 4 is 16.6 Å². The van der Waals surface area contributed by atoms with Gasteiger partial charge >= 0.3 is 0 Å². The maximum absolute atomic E-state index is 15.6. The number of nitrogens with one attached hydrogen (secondary N) is 2. The van der Waals surface area contributed by atoms with Crippen molar-refractivity contribution in [3.8, 4) is 0 Å². The Morgan fingerprint density at radius 3 is 2.73 bits per heavy atom. The first-order valence-electron chi connectivity index (χ1n) is 13.3. The summed E-state index contributed by atoms with van der Waals surface area (Å²) in [5, 5.41) is 12.2. The average molecular weight is 512 g/mol. The second-order valence-corrected chi connectivity index (χ2v) is 11.2. The van der Waals surface area contributed by atoms with Gasteiger partial charge in [0.25, 0.3) is 0 Å². The minimum absolute atomic E-state index is 0.0577. The van der Waals surface area contributed by atoms with Crippen LogP contribution in [-0.2, 0) is 11.2 Å². The SMILES string of the molecule is COCC(C)(F)CN1[C@H](c2ccc(NC3CN(CCCF)C3)cc2C)c2ccc3[nH]ncc3c2C[C@H]1C. The topological polar surface area (TPSA) is 56.4 Å². The van der Waals surface area contributed by atoms with Crippen molar-refractivity contribution in [2.45, 2.75) is 57.4 Å². The Hall–Kier alpha value is -2.55. The Balaban J connectivity index is 1.45. The average Bonchev–Trinajstić information content (AvgIpc) is 3.31. The number of fused-ring (bicyclic) bond motifs is 3. The van der Waals surface area contributed by atoms with Gasteiger partial charge < -0.3 is 10.1 Å². The predicted molar refractivity (Wildman–Crippen MR) is 145 cm³/mol. The first-order valence-corrected chi connectivity index (χ1v) is 13.3. The third-order valence-corrected chi connectivity index (χ3v) is 7.92. The molecule has 1 unspecified atom stereocenters. The van der Waals surface area contributed by atoms with Gasteiger partial charge in [-0.25, -0.2) is 4.39 Å². The van der Waals surface area contributed by atoms with E-state index in [-0.39, 0.29) is 31.9 Å². The third kappa shape index (κ3) is 5.38. The summed E-state index contributed by atoms with van der Waals surface area (Å²) >= 11 is 0. The zero-order chi connectivity index (χ0) is 26.2. The number of hydrogen-bond donors (Lipinski definition) is 2. The number of benzene rings is 2. The number of alkyl halides is 2. The Labute approximate surface area is 218 Å². The van der Waals surface area contributed by atoms with Crippen LogP contribution in [0.1, 0.15) is 48.6 Å². The van der Waals surface area contributed by atoms with Crippen molar-refractivity contribution in [3.05, 3.63) is 58.8 Å². The van der Waals surface area contributed by atoms with Crippen LogP contribution in [0, 0.1) is 6.92 Å². The Kier molecular flexibility index (Phi) is 7.52. The van der Waals surface area contributed by atoms with E-state index >= 15 is 4.39 Å². The molecule has 8 heteroatoms. The molecule has 1 saturated heterocycles. The molecule has 6 nitrogen and oxygen atoms in total. The van der Waals surface area contributed by atoms with Crippen molar-refractivity contribution in [2.75, 3.05) is 51.9 Å². The van der Waals surface area contributed by atoms with Gasteiger partial charge in [0.15, 0.2) is 0 Å². The van der Waals surface area contributed by atoms with Crippen molar-refractivity contribution in [1.29, 1.82) is 0 Å². The van der Waals surface area contributed by atoms with Crippen LogP contribution in [0.3, 0.4) is 0 Å². The first-order chi connectivity index (χ1) is 17.8. The van der Waals surface area contributed by atoms with Crippen molar-refractivity contribution in [3.63, 3.8) is 0 Å². The van der Waals surface area contributed by atoms with Crippen LogP contribution in [0.2, 0.25) is 0 Å². The van der Waals surface area contributed by atoms with Gasteiger partial charge in [-0.05, 0) is 74.1 Å². The van der Waals surface area contributed by atoms with Crippen LogP contribution < -0.4 is 5.32 Å². The number of rotatable bonds is 10. The molecular weight excluding hydrogens is 472 g/mol. The number of methoxy groups -OCH3 is 1. The van der Waals surface area contributed by atoms with E-state index < -0.39 is 5.67 Å². The number of aryl methyl sites for hydroxylation is 1. The number of nitrogens with zero attached hydrogens (tertiary/aromatic N) is 3. The quantitative estimate of drug-likeness (QED) is 0.400. The lowest BCUT2D eigenvalue weighted by atomic mass is 9.81. The van der Waals surface area contributed by atoms with Gasteiger partial charge in [0, 0.05) is 50.4 Å². The molecule has 0 amide bonds. The number of H-pyrrole nitrogens is 1. The van der Waals surface area contributed by atoms with Crippen LogP contribution in [0.25, 0.3) is 10.9 Å².